The van der Waals surface area contributed by atoms with Gasteiger partial charge in [0.2, 0.25) is 5.43 Å². The van der Waals surface area contributed by atoms with Gasteiger partial charge in [-0.25, -0.2) is 5.43 Å². The predicted molar refractivity (Wildman–Crippen MR) is 90.7 cm³/mol. The van der Waals surface area contributed by atoms with Crippen molar-refractivity contribution in [3.8, 4) is 5.75 Å². The Kier molecular flexibility index (Phi) is 4.31. The van der Waals surface area contributed by atoms with Gasteiger partial charge in [-0.3, -0.25) is 9.59 Å². The summed E-state index contributed by atoms with van der Waals surface area (Å²) in [6.45, 7) is 0. The topological polar surface area (TPSA) is 91.9 Å². The van der Waals surface area contributed by atoms with Crippen molar-refractivity contribution >= 4 is 34.7 Å². The maximum atomic E-state index is 12.3. The standard InChI is InChI=1S/C17H11ClN2O4/c18-12-3-6-15-14(7-12)16(22)11(9-24-15)8-19-20-17(23)10-1-4-13(21)5-2-10/h1-9,21H,(H,20,23)/b19-8+. The Morgan fingerprint density at radius 1 is 1.21 bits per heavy atom. The summed E-state index contributed by atoms with van der Waals surface area (Å²) >= 11 is 5.88. The van der Waals surface area contributed by atoms with E-state index in [1.807, 2.05) is 0 Å². The van der Waals surface area contributed by atoms with E-state index >= 15 is 0 Å². The van der Waals surface area contributed by atoms with E-state index in [-0.39, 0.29) is 16.7 Å². The minimum absolute atomic E-state index is 0.0579. The molecule has 3 rings (SSSR count). The monoisotopic (exact) mass is 342 g/mol. The minimum Gasteiger partial charge on any atom is -0.508 e. The Morgan fingerprint density at radius 2 is 1.96 bits per heavy atom. The smallest absolute Gasteiger partial charge is 0.271 e. The van der Waals surface area contributed by atoms with Gasteiger partial charge in [0.25, 0.3) is 5.91 Å². The van der Waals surface area contributed by atoms with Crippen LogP contribution in [0.3, 0.4) is 0 Å². The Bertz CT molecular complexity index is 994. The molecule has 0 bridgehead atoms. The second-order valence-electron chi connectivity index (χ2n) is 4.91. The molecular formula is C17H11ClN2O4. The van der Waals surface area contributed by atoms with Gasteiger partial charge in [0.1, 0.15) is 17.6 Å². The quantitative estimate of drug-likeness (QED) is 0.565. The first-order valence-corrected chi connectivity index (χ1v) is 7.26. The van der Waals surface area contributed by atoms with E-state index in [9.17, 15) is 14.7 Å². The molecule has 2 N–H and O–H groups in total. The van der Waals surface area contributed by atoms with Crippen LogP contribution in [0.1, 0.15) is 15.9 Å². The van der Waals surface area contributed by atoms with E-state index in [4.69, 9.17) is 16.0 Å². The van der Waals surface area contributed by atoms with Crippen LogP contribution in [-0.2, 0) is 0 Å². The van der Waals surface area contributed by atoms with Crippen LogP contribution in [0.4, 0.5) is 0 Å². The molecule has 0 aliphatic rings. The van der Waals surface area contributed by atoms with Crippen molar-refractivity contribution in [2.75, 3.05) is 0 Å². The van der Waals surface area contributed by atoms with Crippen molar-refractivity contribution in [2.24, 2.45) is 5.10 Å². The Hall–Kier alpha value is -3.12. The SMILES string of the molecule is O=C(N/N=C/c1coc2ccc(Cl)cc2c1=O)c1ccc(O)cc1. The fourth-order valence-corrected chi connectivity index (χ4v) is 2.22. The average Bonchev–Trinajstić information content (AvgIpc) is 2.58. The molecule has 1 aromatic heterocycles. The second kappa shape index (κ2) is 6.55. The maximum absolute atomic E-state index is 12.3. The number of benzene rings is 2. The van der Waals surface area contributed by atoms with E-state index in [2.05, 4.69) is 10.5 Å². The normalized spacial score (nSPS) is 11.0. The van der Waals surface area contributed by atoms with Gasteiger partial charge in [-0.2, -0.15) is 5.10 Å². The molecule has 7 heteroatoms. The molecule has 3 aromatic rings. The third-order valence-corrected chi connectivity index (χ3v) is 3.50. The van der Waals surface area contributed by atoms with Crippen molar-refractivity contribution in [3.63, 3.8) is 0 Å². The summed E-state index contributed by atoms with van der Waals surface area (Å²) in [5.74, 6) is -0.415. The zero-order valence-electron chi connectivity index (χ0n) is 12.2. The number of amides is 1. The number of halogens is 1. The molecule has 0 radical (unpaired) electrons. The predicted octanol–water partition coefficient (Wildman–Crippen LogP) is 2.92. The molecule has 0 atom stereocenters. The number of hydrogen-bond donors (Lipinski definition) is 2. The first-order chi connectivity index (χ1) is 11.5. The highest BCUT2D eigenvalue weighted by Gasteiger charge is 2.07. The van der Waals surface area contributed by atoms with Crippen LogP contribution < -0.4 is 10.9 Å². The molecule has 0 fully saturated rings. The van der Waals surface area contributed by atoms with Crippen LogP contribution in [0.15, 0.2) is 63.0 Å². The van der Waals surface area contributed by atoms with Crippen LogP contribution in [-0.4, -0.2) is 17.2 Å². The van der Waals surface area contributed by atoms with Crippen molar-refractivity contribution in [3.05, 3.63) is 75.1 Å². The first-order valence-electron chi connectivity index (χ1n) is 6.88. The third-order valence-electron chi connectivity index (χ3n) is 3.26. The van der Waals surface area contributed by atoms with Gasteiger partial charge < -0.3 is 9.52 Å². The lowest BCUT2D eigenvalue weighted by Gasteiger charge is -2.00. The van der Waals surface area contributed by atoms with Crippen molar-refractivity contribution < 1.29 is 14.3 Å². The highest BCUT2D eigenvalue weighted by molar-refractivity contribution is 6.31. The molecule has 0 saturated heterocycles. The van der Waals surface area contributed by atoms with Crippen LogP contribution in [0, 0.1) is 0 Å². The fourth-order valence-electron chi connectivity index (χ4n) is 2.05. The summed E-state index contributed by atoms with van der Waals surface area (Å²) in [6, 6.07) is 10.4. The number of nitrogens with zero attached hydrogens (tertiary/aromatic N) is 1. The lowest BCUT2D eigenvalue weighted by atomic mass is 10.2. The first kappa shape index (κ1) is 15.8. The summed E-state index contributed by atoms with van der Waals surface area (Å²) in [7, 11) is 0. The van der Waals surface area contributed by atoms with Gasteiger partial charge in [-0.15, -0.1) is 0 Å². The number of phenols is 1. The van der Waals surface area contributed by atoms with Crippen molar-refractivity contribution in [1.29, 1.82) is 0 Å². The lowest BCUT2D eigenvalue weighted by Crippen LogP contribution is -2.18. The number of hydrazone groups is 1. The zero-order valence-corrected chi connectivity index (χ0v) is 12.9. The zero-order chi connectivity index (χ0) is 17.1. The Balaban J connectivity index is 1.80. The third kappa shape index (κ3) is 3.28. The number of carbonyl (C=O) groups excluding carboxylic acids is 1. The average molecular weight is 343 g/mol. The van der Waals surface area contributed by atoms with Crippen molar-refractivity contribution in [2.45, 2.75) is 0 Å². The minimum atomic E-state index is -0.473. The highest BCUT2D eigenvalue weighted by atomic mass is 35.5. The van der Waals surface area contributed by atoms with Gasteiger partial charge in [0.05, 0.1) is 17.2 Å². The molecule has 120 valence electrons. The van der Waals surface area contributed by atoms with Gasteiger partial charge >= 0.3 is 0 Å². The number of aromatic hydroxyl groups is 1. The van der Waals surface area contributed by atoms with E-state index in [0.717, 1.165) is 0 Å². The van der Waals surface area contributed by atoms with E-state index in [1.54, 1.807) is 12.1 Å². The summed E-state index contributed by atoms with van der Waals surface area (Å²) < 4.78 is 5.34. The molecule has 0 aliphatic heterocycles. The number of phenolic OH excluding ortho intramolecular Hbond substituents is 1. The van der Waals surface area contributed by atoms with E-state index < -0.39 is 5.91 Å². The molecule has 1 heterocycles. The van der Waals surface area contributed by atoms with Crippen LogP contribution in [0.5, 0.6) is 5.75 Å². The van der Waals surface area contributed by atoms with E-state index in [0.29, 0.717) is 21.6 Å². The van der Waals surface area contributed by atoms with Crippen LogP contribution >= 0.6 is 11.6 Å². The summed E-state index contributed by atoms with van der Waals surface area (Å²) in [6.07, 6.45) is 2.46. The summed E-state index contributed by atoms with van der Waals surface area (Å²) in [5, 5.41) is 13.7. The Labute approximate surface area is 141 Å². The van der Waals surface area contributed by atoms with Gasteiger partial charge in [0, 0.05) is 10.6 Å². The number of nitrogens with one attached hydrogen (secondary N) is 1. The molecule has 24 heavy (non-hydrogen) atoms. The molecule has 0 saturated carbocycles. The number of hydrogen-bond acceptors (Lipinski definition) is 5. The summed E-state index contributed by atoms with van der Waals surface area (Å²) in [5.41, 5.74) is 2.90. The largest absolute Gasteiger partial charge is 0.508 e. The maximum Gasteiger partial charge on any atom is 0.271 e. The molecule has 0 aliphatic carbocycles. The summed E-state index contributed by atoms with van der Waals surface area (Å²) in [4.78, 5) is 24.2. The molecule has 6 nitrogen and oxygen atoms in total. The molecule has 0 unspecified atom stereocenters. The molecular weight excluding hydrogens is 332 g/mol. The van der Waals surface area contributed by atoms with Crippen LogP contribution in [0.25, 0.3) is 11.0 Å². The molecule has 2 aromatic carbocycles. The van der Waals surface area contributed by atoms with Gasteiger partial charge in [0.15, 0.2) is 0 Å². The van der Waals surface area contributed by atoms with Gasteiger partial charge in [-0.05, 0) is 42.5 Å². The van der Waals surface area contributed by atoms with Crippen LogP contribution in [0.2, 0.25) is 5.02 Å². The lowest BCUT2D eigenvalue weighted by molar-refractivity contribution is 0.0955. The van der Waals surface area contributed by atoms with E-state index in [1.165, 1.54) is 42.8 Å². The Morgan fingerprint density at radius 3 is 2.71 bits per heavy atom. The molecule has 1 amide bonds. The number of carbonyl (C=O) groups is 1. The number of rotatable bonds is 3. The van der Waals surface area contributed by atoms with Gasteiger partial charge in [-0.1, -0.05) is 11.6 Å². The van der Waals surface area contributed by atoms with Crippen molar-refractivity contribution in [1.82, 2.24) is 5.43 Å². The molecule has 0 spiro atoms. The highest BCUT2D eigenvalue weighted by Crippen LogP contribution is 2.16. The number of fused-ring (bicyclic) bond motifs is 1. The fraction of sp³-hybridized carbons (Fsp3) is 0. The second-order valence-corrected chi connectivity index (χ2v) is 5.34.